The first-order valence-corrected chi connectivity index (χ1v) is 12.0. The van der Waals surface area contributed by atoms with Gasteiger partial charge in [-0.25, -0.2) is 4.79 Å². The molecular weight excluding hydrogens is 478 g/mol. The molecule has 0 unspecified atom stereocenters. The van der Waals surface area contributed by atoms with E-state index in [-0.39, 0.29) is 11.3 Å². The van der Waals surface area contributed by atoms with Gasteiger partial charge in [0.05, 0.1) is 43.2 Å². The zero-order valence-corrected chi connectivity index (χ0v) is 21.6. The molecule has 1 aromatic heterocycles. The second-order valence-corrected chi connectivity index (χ2v) is 9.86. The molecule has 3 N–H and O–H groups in total. The molecule has 1 aliphatic heterocycles. The van der Waals surface area contributed by atoms with Crippen molar-refractivity contribution in [1.82, 2.24) is 4.90 Å². The lowest BCUT2D eigenvalue weighted by molar-refractivity contribution is -0.197. The maximum Gasteiger partial charge on any atom is 0.344 e. The number of hydrogen-bond donors (Lipinski definition) is 3. The van der Waals surface area contributed by atoms with E-state index in [4.69, 9.17) is 18.6 Å². The Morgan fingerprint density at radius 3 is 2.24 bits per heavy atom. The summed E-state index contributed by atoms with van der Waals surface area (Å²) in [5, 5.41) is 35.2. The average molecular weight is 510 g/mol. The maximum atomic E-state index is 13.2. The SMILES string of the molecule is COc1cc2c(oc(=O)c3cc(C)cc(OC)c32)c2c([C@H]3O[C@@H](C)[C@@H](O)[C@@H](N(C)C)[C@@H]3O)ccc(O)c12. The Morgan fingerprint density at radius 2 is 1.59 bits per heavy atom. The number of rotatable bonds is 4. The third-order valence-corrected chi connectivity index (χ3v) is 7.33. The van der Waals surface area contributed by atoms with Crippen molar-refractivity contribution in [2.45, 2.75) is 44.3 Å². The molecule has 0 bridgehead atoms. The van der Waals surface area contributed by atoms with Gasteiger partial charge in [-0.05, 0) is 63.3 Å². The van der Waals surface area contributed by atoms with Crippen molar-refractivity contribution in [2.75, 3.05) is 28.3 Å². The molecule has 1 saturated heterocycles. The van der Waals surface area contributed by atoms with Crippen LogP contribution in [-0.4, -0.2) is 72.9 Å². The largest absolute Gasteiger partial charge is 0.507 e. The Labute approximate surface area is 213 Å². The molecule has 1 fully saturated rings. The predicted octanol–water partition coefficient (Wildman–Crippen LogP) is 3.24. The average Bonchev–Trinajstić information content (AvgIpc) is 2.86. The van der Waals surface area contributed by atoms with Crippen LogP contribution in [-0.2, 0) is 4.74 Å². The number of likely N-dealkylation sites (N-methyl/N-ethyl adjacent to an activating group) is 1. The normalized spacial score (nSPS) is 24.3. The van der Waals surface area contributed by atoms with Crippen molar-refractivity contribution in [3.8, 4) is 17.2 Å². The molecule has 0 amide bonds. The zero-order valence-electron chi connectivity index (χ0n) is 21.6. The molecule has 2 heterocycles. The quantitative estimate of drug-likeness (QED) is 0.281. The van der Waals surface area contributed by atoms with Gasteiger partial charge in [0.25, 0.3) is 0 Å². The summed E-state index contributed by atoms with van der Waals surface area (Å²) in [5.74, 6) is 0.759. The third-order valence-electron chi connectivity index (χ3n) is 7.33. The van der Waals surface area contributed by atoms with Gasteiger partial charge in [0.1, 0.15) is 35.0 Å². The van der Waals surface area contributed by atoms with Crippen LogP contribution in [0.5, 0.6) is 17.2 Å². The van der Waals surface area contributed by atoms with Gasteiger partial charge in [0.2, 0.25) is 0 Å². The molecular formula is C28H31NO8. The molecule has 0 radical (unpaired) electrons. The van der Waals surface area contributed by atoms with Crippen molar-refractivity contribution in [1.29, 1.82) is 0 Å². The van der Waals surface area contributed by atoms with E-state index < -0.39 is 36.1 Å². The molecule has 0 saturated carbocycles. The molecule has 9 heteroatoms. The van der Waals surface area contributed by atoms with E-state index >= 15 is 0 Å². The van der Waals surface area contributed by atoms with Crippen LogP contribution >= 0.6 is 0 Å². The van der Waals surface area contributed by atoms with Gasteiger partial charge in [-0.3, -0.25) is 0 Å². The number of hydrogen-bond acceptors (Lipinski definition) is 9. The first-order valence-electron chi connectivity index (χ1n) is 12.0. The summed E-state index contributed by atoms with van der Waals surface area (Å²) >= 11 is 0. The Morgan fingerprint density at radius 1 is 0.919 bits per heavy atom. The summed E-state index contributed by atoms with van der Waals surface area (Å²) in [4.78, 5) is 15.0. The zero-order chi connectivity index (χ0) is 26.8. The van der Waals surface area contributed by atoms with E-state index in [9.17, 15) is 20.1 Å². The van der Waals surface area contributed by atoms with Gasteiger partial charge in [0, 0.05) is 16.2 Å². The van der Waals surface area contributed by atoms with Gasteiger partial charge >= 0.3 is 5.63 Å². The van der Waals surface area contributed by atoms with Crippen molar-refractivity contribution < 1.29 is 33.9 Å². The molecule has 5 atom stereocenters. The summed E-state index contributed by atoms with van der Waals surface area (Å²) in [5.41, 5.74) is 0.967. The minimum Gasteiger partial charge on any atom is -0.507 e. The molecule has 37 heavy (non-hydrogen) atoms. The highest BCUT2D eigenvalue weighted by Crippen LogP contribution is 2.47. The number of aliphatic hydroxyl groups is 2. The van der Waals surface area contributed by atoms with Crippen molar-refractivity contribution in [3.05, 3.63) is 51.9 Å². The Kier molecular flexibility index (Phi) is 6.27. The molecule has 1 aliphatic rings. The number of methoxy groups -OCH3 is 2. The molecule has 4 aromatic rings. The number of aryl methyl sites for hydroxylation is 1. The fraction of sp³-hybridized carbons (Fsp3) is 0.393. The second kappa shape index (κ2) is 9.18. The van der Waals surface area contributed by atoms with Crippen LogP contribution in [0.15, 0.2) is 39.5 Å². The van der Waals surface area contributed by atoms with Crippen molar-refractivity contribution in [3.63, 3.8) is 0 Å². The van der Waals surface area contributed by atoms with E-state index in [1.807, 2.05) is 13.0 Å². The van der Waals surface area contributed by atoms with E-state index in [0.717, 1.165) is 5.56 Å². The highest BCUT2D eigenvalue weighted by Gasteiger charge is 2.45. The van der Waals surface area contributed by atoms with E-state index in [2.05, 4.69) is 0 Å². The number of ether oxygens (including phenoxy) is 3. The van der Waals surface area contributed by atoms with Crippen molar-refractivity contribution >= 4 is 32.5 Å². The molecule has 9 nitrogen and oxygen atoms in total. The molecule has 0 aliphatic carbocycles. The van der Waals surface area contributed by atoms with Gasteiger partial charge in [-0.1, -0.05) is 6.07 Å². The predicted molar refractivity (Wildman–Crippen MR) is 140 cm³/mol. The summed E-state index contributed by atoms with van der Waals surface area (Å²) in [6.45, 7) is 3.60. The number of nitrogens with zero attached hydrogens (tertiary/aromatic N) is 1. The van der Waals surface area contributed by atoms with Crippen molar-refractivity contribution in [2.24, 2.45) is 0 Å². The Hall–Kier alpha value is -3.37. The number of phenolic OH excluding ortho intramolecular Hbond substituents is 1. The van der Waals surface area contributed by atoms with Gasteiger partial charge in [0.15, 0.2) is 0 Å². The third kappa shape index (κ3) is 3.81. The van der Waals surface area contributed by atoms with E-state index in [0.29, 0.717) is 44.0 Å². The summed E-state index contributed by atoms with van der Waals surface area (Å²) < 4.78 is 23.4. The standard InChI is InChI=1S/C28H31NO8/c1-12-9-16-20(18(10-12)34-5)15-11-19(35-6)22-17(30)8-7-14(21(22)26(15)37-28(16)33)27-25(32)23(29(3)4)24(31)13(2)36-27/h7-11,13,23-25,27,30-32H,1-6H3/t13-,23+,24+,25-,27+/m0/s1. The van der Waals surface area contributed by atoms with E-state index in [1.165, 1.54) is 20.3 Å². The minimum absolute atomic E-state index is 0.0846. The van der Waals surface area contributed by atoms with Crippen LogP contribution in [0.1, 0.15) is 24.2 Å². The fourth-order valence-electron chi connectivity index (χ4n) is 5.62. The van der Waals surface area contributed by atoms with Crippen LogP contribution in [0.3, 0.4) is 0 Å². The molecule has 0 spiro atoms. The van der Waals surface area contributed by atoms with Crippen LogP contribution in [0.25, 0.3) is 32.5 Å². The number of fused-ring (bicyclic) bond motifs is 5. The first kappa shape index (κ1) is 25.3. The smallest absolute Gasteiger partial charge is 0.344 e. The van der Waals surface area contributed by atoms with Crippen LogP contribution < -0.4 is 15.1 Å². The lowest BCUT2D eigenvalue weighted by Crippen LogP contribution is -2.58. The number of phenols is 1. The summed E-state index contributed by atoms with van der Waals surface area (Å²) in [7, 11) is 6.57. The number of aromatic hydroxyl groups is 1. The number of aliphatic hydroxyl groups excluding tert-OH is 2. The lowest BCUT2D eigenvalue weighted by Gasteiger charge is -2.45. The van der Waals surface area contributed by atoms with Gasteiger partial charge in [-0.2, -0.15) is 0 Å². The monoisotopic (exact) mass is 509 g/mol. The molecule has 5 rings (SSSR count). The van der Waals surface area contributed by atoms with E-state index in [1.54, 1.807) is 44.1 Å². The van der Waals surface area contributed by atoms with Crippen LogP contribution in [0.2, 0.25) is 0 Å². The van der Waals surface area contributed by atoms with Crippen LogP contribution in [0, 0.1) is 6.92 Å². The topological polar surface area (TPSA) is 122 Å². The highest BCUT2D eigenvalue weighted by molar-refractivity contribution is 6.19. The van der Waals surface area contributed by atoms with Crippen LogP contribution in [0.4, 0.5) is 0 Å². The summed E-state index contributed by atoms with van der Waals surface area (Å²) in [6.07, 6.45) is -3.55. The van der Waals surface area contributed by atoms with Gasteiger partial charge in [-0.15, -0.1) is 0 Å². The maximum absolute atomic E-state index is 13.2. The highest BCUT2D eigenvalue weighted by atomic mass is 16.5. The summed E-state index contributed by atoms with van der Waals surface area (Å²) in [6, 6.07) is 7.79. The Balaban J connectivity index is 1.94. The Bertz CT molecular complexity index is 1580. The second-order valence-electron chi connectivity index (χ2n) is 9.86. The molecule has 196 valence electrons. The van der Waals surface area contributed by atoms with Gasteiger partial charge < -0.3 is 38.8 Å². The minimum atomic E-state index is -1.13. The molecule has 3 aromatic carbocycles. The first-order chi connectivity index (χ1) is 17.6. The lowest BCUT2D eigenvalue weighted by atomic mass is 9.86. The fourth-order valence-corrected chi connectivity index (χ4v) is 5.62. The number of benzene rings is 3.